The maximum atomic E-state index is 6.52. The van der Waals surface area contributed by atoms with Gasteiger partial charge in [-0.2, -0.15) is 5.10 Å². The fraction of sp³-hybridized carbons (Fsp3) is 0.800. The van der Waals surface area contributed by atoms with Crippen molar-refractivity contribution in [1.82, 2.24) is 9.78 Å². The minimum Gasteiger partial charge on any atom is -0.322 e. The molecule has 1 aliphatic rings. The first-order valence-electron chi connectivity index (χ1n) is 7.58. The lowest BCUT2D eigenvalue weighted by Crippen LogP contribution is -2.24. The van der Waals surface area contributed by atoms with Crippen molar-refractivity contribution in [3.8, 4) is 0 Å². The van der Waals surface area contributed by atoms with Gasteiger partial charge in [-0.1, -0.05) is 32.6 Å². The molecule has 1 aromatic rings. The van der Waals surface area contributed by atoms with Crippen molar-refractivity contribution in [2.45, 2.75) is 71.4 Å². The van der Waals surface area contributed by atoms with Crippen LogP contribution in [0, 0.1) is 5.92 Å². The Labute approximate surface area is 111 Å². The van der Waals surface area contributed by atoms with Gasteiger partial charge >= 0.3 is 0 Å². The lowest BCUT2D eigenvalue weighted by Gasteiger charge is -2.22. The summed E-state index contributed by atoms with van der Waals surface area (Å²) in [6.45, 7) is 5.23. The monoisotopic (exact) mass is 249 g/mol. The van der Waals surface area contributed by atoms with E-state index in [1.54, 1.807) is 0 Å². The Hall–Kier alpha value is -0.830. The molecule has 3 nitrogen and oxygen atoms in total. The molecule has 1 heterocycles. The van der Waals surface area contributed by atoms with E-state index >= 15 is 0 Å². The van der Waals surface area contributed by atoms with Gasteiger partial charge in [0.05, 0.1) is 11.4 Å². The van der Waals surface area contributed by atoms with Crippen LogP contribution in [0.15, 0.2) is 6.07 Å². The number of hydrogen-bond donors (Lipinski definition) is 1. The van der Waals surface area contributed by atoms with Gasteiger partial charge in [0.15, 0.2) is 0 Å². The minimum atomic E-state index is 0.177. The molecule has 0 aromatic carbocycles. The molecule has 0 amide bonds. The number of aryl methyl sites for hydroxylation is 2. The first-order valence-corrected chi connectivity index (χ1v) is 7.58. The van der Waals surface area contributed by atoms with Crippen LogP contribution in [0.3, 0.4) is 0 Å². The quantitative estimate of drug-likeness (QED) is 0.831. The van der Waals surface area contributed by atoms with Crippen molar-refractivity contribution in [3.05, 3.63) is 17.5 Å². The molecule has 0 aliphatic heterocycles. The van der Waals surface area contributed by atoms with Crippen LogP contribution in [-0.2, 0) is 13.0 Å². The van der Waals surface area contributed by atoms with Gasteiger partial charge in [0.25, 0.3) is 0 Å². The van der Waals surface area contributed by atoms with Crippen LogP contribution in [0.4, 0.5) is 0 Å². The highest BCUT2D eigenvalue weighted by atomic mass is 15.3. The van der Waals surface area contributed by atoms with Crippen LogP contribution in [0.5, 0.6) is 0 Å². The van der Waals surface area contributed by atoms with Gasteiger partial charge in [-0.3, -0.25) is 4.68 Å². The smallest absolute Gasteiger partial charge is 0.0625 e. The summed E-state index contributed by atoms with van der Waals surface area (Å²) < 4.78 is 2.11. The van der Waals surface area contributed by atoms with Crippen LogP contribution < -0.4 is 5.73 Å². The van der Waals surface area contributed by atoms with E-state index in [0.717, 1.165) is 13.0 Å². The largest absolute Gasteiger partial charge is 0.322 e. The summed E-state index contributed by atoms with van der Waals surface area (Å²) in [6.07, 6.45) is 9.04. The first-order chi connectivity index (χ1) is 8.76. The molecule has 1 fully saturated rings. The summed E-state index contributed by atoms with van der Waals surface area (Å²) in [7, 11) is 0. The van der Waals surface area contributed by atoms with Gasteiger partial charge in [-0.15, -0.1) is 0 Å². The van der Waals surface area contributed by atoms with Crippen molar-refractivity contribution >= 4 is 0 Å². The average molecular weight is 249 g/mol. The average Bonchev–Trinajstić information content (AvgIpc) is 2.63. The Morgan fingerprint density at radius 1 is 1.28 bits per heavy atom. The van der Waals surface area contributed by atoms with Crippen molar-refractivity contribution in [1.29, 1.82) is 0 Å². The standard InChI is InChI=1S/C15H27N3/c1-3-13-11-14(18(4-2)17-13)15(16)12-9-7-5-6-8-10-12/h11-12,15H,3-10,16H2,1-2H3. The van der Waals surface area contributed by atoms with E-state index in [1.807, 2.05) is 0 Å². The van der Waals surface area contributed by atoms with Crippen molar-refractivity contribution in [3.63, 3.8) is 0 Å². The highest BCUT2D eigenvalue weighted by molar-refractivity contribution is 5.15. The number of nitrogens with zero attached hydrogens (tertiary/aromatic N) is 2. The number of hydrogen-bond acceptors (Lipinski definition) is 2. The number of nitrogens with two attached hydrogens (primary N) is 1. The molecule has 0 radical (unpaired) electrons. The first kappa shape index (κ1) is 13.6. The third-order valence-electron chi connectivity index (χ3n) is 4.27. The molecule has 2 N–H and O–H groups in total. The van der Waals surface area contributed by atoms with E-state index in [0.29, 0.717) is 5.92 Å². The molecule has 1 unspecified atom stereocenters. The van der Waals surface area contributed by atoms with E-state index in [-0.39, 0.29) is 6.04 Å². The molecular formula is C15H27N3. The van der Waals surface area contributed by atoms with Crippen LogP contribution in [0.2, 0.25) is 0 Å². The molecule has 2 rings (SSSR count). The molecule has 1 saturated carbocycles. The molecule has 102 valence electrons. The van der Waals surface area contributed by atoms with Crippen LogP contribution in [-0.4, -0.2) is 9.78 Å². The van der Waals surface area contributed by atoms with Crippen LogP contribution >= 0.6 is 0 Å². The summed E-state index contributed by atoms with van der Waals surface area (Å²) in [4.78, 5) is 0. The topological polar surface area (TPSA) is 43.8 Å². The molecule has 0 saturated heterocycles. The zero-order chi connectivity index (χ0) is 13.0. The van der Waals surface area contributed by atoms with Gasteiger partial charge in [0.1, 0.15) is 0 Å². The Morgan fingerprint density at radius 3 is 2.50 bits per heavy atom. The molecule has 0 bridgehead atoms. The highest BCUT2D eigenvalue weighted by Gasteiger charge is 2.24. The third kappa shape index (κ3) is 2.94. The molecule has 1 atom stereocenters. The lowest BCUT2D eigenvalue weighted by molar-refractivity contribution is 0.364. The predicted octanol–water partition coefficient (Wildman–Crippen LogP) is 3.44. The molecular weight excluding hydrogens is 222 g/mol. The molecule has 3 heteroatoms. The minimum absolute atomic E-state index is 0.177. The Morgan fingerprint density at radius 2 is 1.94 bits per heavy atom. The van der Waals surface area contributed by atoms with E-state index in [2.05, 4.69) is 29.7 Å². The second-order valence-corrected chi connectivity index (χ2v) is 5.51. The van der Waals surface area contributed by atoms with E-state index in [1.165, 1.54) is 49.9 Å². The zero-order valence-electron chi connectivity index (χ0n) is 11.9. The highest BCUT2D eigenvalue weighted by Crippen LogP contribution is 2.32. The Bertz CT molecular complexity index is 362. The second-order valence-electron chi connectivity index (χ2n) is 5.51. The van der Waals surface area contributed by atoms with Gasteiger partial charge in [-0.25, -0.2) is 0 Å². The molecule has 1 aromatic heterocycles. The summed E-state index contributed by atoms with van der Waals surface area (Å²) in [5.74, 6) is 0.652. The lowest BCUT2D eigenvalue weighted by atomic mass is 9.90. The van der Waals surface area contributed by atoms with Crippen LogP contribution in [0.1, 0.15) is 69.8 Å². The van der Waals surface area contributed by atoms with E-state index < -0.39 is 0 Å². The molecule has 18 heavy (non-hydrogen) atoms. The van der Waals surface area contributed by atoms with Crippen molar-refractivity contribution < 1.29 is 0 Å². The number of rotatable bonds is 4. The third-order valence-corrected chi connectivity index (χ3v) is 4.27. The Kier molecular flexibility index (Phi) is 4.81. The van der Waals surface area contributed by atoms with Crippen molar-refractivity contribution in [2.24, 2.45) is 11.7 Å². The van der Waals surface area contributed by atoms with Crippen LogP contribution in [0.25, 0.3) is 0 Å². The SMILES string of the molecule is CCc1cc(C(N)C2CCCCCC2)n(CC)n1. The van der Waals surface area contributed by atoms with Gasteiger partial charge in [0, 0.05) is 12.6 Å². The van der Waals surface area contributed by atoms with Gasteiger partial charge in [0.2, 0.25) is 0 Å². The predicted molar refractivity (Wildman–Crippen MR) is 75.4 cm³/mol. The van der Waals surface area contributed by atoms with E-state index in [9.17, 15) is 0 Å². The fourth-order valence-electron chi connectivity index (χ4n) is 3.09. The zero-order valence-corrected chi connectivity index (χ0v) is 11.9. The maximum absolute atomic E-state index is 6.52. The molecule has 0 spiro atoms. The van der Waals surface area contributed by atoms with E-state index in [4.69, 9.17) is 5.73 Å². The normalized spacial score (nSPS) is 19.7. The second kappa shape index (κ2) is 6.37. The van der Waals surface area contributed by atoms with Gasteiger partial charge in [-0.05, 0) is 38.2 Å². The Balaban J connectivity index is 2.15. The van der Waals surface area contributed by atoms with Gasteiger partial charge < -0.3 is 5.73 Å². The summed E-state index contributed by atoms with van der Waals surface area (Å²) in [6, 6.07) is 2.40. The molecule has 1 aliphatic carbocycles. The fourth-order valence-corrected chi connectivity index (χ4v) is 3.09. The number of aromatic nitrogens is 2. The maximum Gasteiger partial charge on any atom is 0.0625 e. The summed E-state index contributed by atoms with van der Waals surface area (Å²) in [5, 5.41) is 4.62. The summed E-state index contributed by atoms with van der Waals surface area (Å²) in [5.41, 5.74) is 8.95. The summed E-state index contributed by atoms with van der Waals surface area (Å²) >= 11 is 0. The van der Waals surface area contributed by atoms with Crippen molar-refractivity contribution in [2.75, 3.05) is 0 Å².